The van der Waals surface area contributed by atoms with Crippen LogP contribution in [0.15, 0.2) is 66.7 Å². The second kappa shape index (κ2) is 9.23. The summed E-state index contributed by atoms with van der Waals surface area (Å²) in [6, 6.07) is 20.3. The molecule has 35 heavy (non-hydrogen) atoms. The van der Waals surface area contributed by atoms with E-state index in [2.05, 4.69) is 49.9 Å². The van der Waals surface area contributed by atoms with Gasteiger partial charge in [-0.25, -0.2) is 13.9 Å². The number of amides is 1. The number of aromatic nitrogens is 3. The number of hydrogen-bond acceptors (Lipinski definition) is 4. The van der Waals surface area contributed by atoms with Crippen molar-refractivity contribution in [3.05, 3.63) is 89.5 Å². The summed E-state index contributed by atoms with van der Waals surface area (Å²) >= 11 is 0. The average molecular weight is 472 g/mol. The molecule has 0 bridgehead atoms. The zero-order chi connectivity index (χ0) is 24.6. The zero-order valence-corrected chi connectivity index (χ0v) is 20.4. The lowest BCUT2D eigenvalue weighted by Crippen LogP contribution is -2.48. The van der Waals surface area contributed by atoms with Crippen molar-refractivity contribution in [2.75, 3.05) is 26.2 Å². The predicted molar refractivity (Wildman–Crippen MR) is 135 cm³/mol. The van der Waals surface area contributed by atoms with Crippen molar-refractivity contribution >= 4 is 11.6 Å². The molecule has 0 radical (unpaired) electrons. The highest BCUT2D eigenvalue weighted by Crippen LogP contribution is 2.26. The van der Waals surface area contributed by atoms with Gasteiger partial charge in [-0.2, -0.15) is 5.10 Å². The third kappa shape index (κ3) is 4.95. The Labute approximate surface area is 205 Å². The number of rotatable bonds is 4. The van der Waals surface area contributed by atoms with Gasteiger partial charge in [0.2, 0.25) is 0 Å². The van der Waals surface area contributed by atoms with Gasteiger partial charge in [-0.1, -0.05) is 51.1 Å². The molecule has 5 rings (SSSR count). The topological polar surface area (TPSA) is 53.7 Å². The summed E-state index contributed by atoms with van der Waals surface area (Å²) in [7, 11) is 0. The van der Waals surface area contributed by atoms with E-state index in [1.54, 1.807) is 22.7 Å². The molecule has 1 saturated heterocycles. The summed E-state index contributed by atoms with van der Waals surface area (Å²) < 4.78 is 15.2. The molecule has 3 heterocycles. The smallest absolute Gasteiger partial charge is 0.272 e. The van der Waals surface area contributed by atoms with Gasteiger partial charge in [0.25, 0.3) is 5.91 Å². The summed E-state index contributed by atoms with van der Waals surface area (Å²) in [6.45, 7) is 10.1. The van der Waals surface area contributed by atoms with E-state index in [0.29, 0.717) is 30.1 Å². The number of benzene rings is 2. The first-order valence-electron chi connectivity index (χ1n) is 12.0. The molecule has 7 heteroatoms. The van der Waals surface area contributed by atoms with Crippen LogP contribution in [-0.2, 0) is 12.0 Å². The van der Waals surface area contributed by atoms with Crippen LogP contribution in [0.5, 0.6) is 0 Å². The van der Waals surface area contributed by atoms with Gasteiger partial charge in [-0.15, -0.1) is 0 Å². The molecule has 0 N–H and O–H groups in total. The van der Waals surface area contributed by atoms with Crippen LogP contribution in [0.2, 0.25) is 0 Å². The van der Waals surface area contributed by atoms with Crippen LogP contribution in [0.25, 0.3) is 16.9 Å². The molecule has 0 spiro atoms. The Morgan fingerprint density at radius 2 is 1.63 bits per heavy atom. The molecule has 1 fully saturated rings. The van der Waals surface area contributed by atoms with Crippen molar-refractivity contribution in [3.63, 3.8) is 0 Å². The number of fused-ring (bicyclic) bond motifs is 1. The first-order chi connectivity index (χ1) is 16.8. The fourth-order valence-electron chi connectivity index (χ4n) is 4.37. The van der Waals surface area contributed by atoms with Gasteiger partial charge < -0.3 is 4.90 Å². The van der Waals surface area contributed by atoms with Crippen LogP contribution in [0.3, 0.4) is 0 Å². The van der Waals surface area contributed by atoms with Crippen molar-refractivity contribution in [2.24, 2.45) is 0 Å². The highest BCUT2D eigenvalue weighted by molar-refractivity contribution is 5.94. The van der Waals surface area contributed by atoms with Crippen LogP contribution < -0.4 is 0 Å². The minimum atomic E-state index is -0.307. The maximum absolute atomic E-state index is 13.7. The van der Waals surface area contributed by atoms with Crippen LogP contribution in [-0.4, -0.2) is 56.5 Å². The highest BCUT2D eigenvalue weighted by Gasteiger charge is 2.27. The van der Waals surface area contributed by atoms with E-state index in [-0.39, 0.29) is 17.1 Å². The summed E-state index contributed by atoms with van der Waals surface area (Å²) in [4.78, 5) is 22.8. The number of piperazine rings is 1. The van der Waals surface area contributed by atoms with Crippen LogP contribution in [0, 0.1) is 5.82 Å². The first kappa shape index (κ1) is 23.2. The van der Waals surface area contributed by atoms with E-state index in [1.807, 2.05) is 17.0 Å². The molecule has 0 aliphatic carbocycles. The second-order valence-corrected chi connectivity index (χ2v) is 10.1. The quantitative estimate of drug-likeness (QED) is 0.429. The van der Waals surface area contributed by atoms with E-state index in [4.69, 9.17) is 10.1 Å². The Morgan fingerprint density at radius 3 is 2.29 bits per heavy atom. The molecule has 2 aromatic heterocycles. The van der Waals surface area contributed by atoms with Crippen molar-refractivity contribution in [3.8, 4) is 11.3 Å². The van der Waals surface area contributed by atoms with E-state index in [9.17, 15) is 9.18 Å². The van der Waals surface area contributed by atoms with E-state index in [0.717, 1.165) is 30.9 Å². The van der Waals surface area contributed by atoms with Gasteiger partial charge in [0.15, 0.2) is 5.65 Å². The normalized spacial score (nSPS) is 15.0. The maximum Gasteiger partial charge on any atom is 0.272 e. The predicted octanol–water partition coefficient (Wildman–Crippen LogP) is 4.79. The van der Waals surface area contributed by atoms with Crippen molar-refractivity contribution in [1.82, 2.24) is 24.4 Å². The van der Waals surface area contributed by atoms with Gasteiger partial charge in [0.05, 0.1) is 11.4 Å². The number of halogens is 1. The minimum Gasteiger partial charge on any atom is -0.335 e. The minimum absolute atomic E-state index is 0.0660. The average Bonchev–Trinajstić information content (AvgIpc) is 3.30. The molecule has 1 amide bonds. The maximum atomic E-state index is 13.7. The number of nitrogens with zero attached hydrogens (tertiary/aromatic N) is 5. The zero-order valence-electron chi connectivity index (χ0n) is 20.4. The van der Waals surface area contributed by atoms with Crippen molar-refractivity contribution in [2.45, 2.75) is 32.7 Å². The molecular weight excluding hydrogens is 441 g/mol. The Morgan fingerprint density at radius 1 is 0.943 bits per heavy atom. The summed E-state index contributed by atoms with van der Waals surface area (Å²) in [5.74, 6) is -0.373. The van der Waals surface area contributed by atoms with Gasteiger partial charge in [-0.05, 0) is 35.9 Å². The Balaban J connectivity index is 1.44. The van der Waals surface area contributed by atoms with E-state index in [1.165, 1.54) is 17.7 Å². The van der Waals surface area contributed by atoms with E-state index >= 15 is 0 Å². The van der Waals surface area contributed by atoms with Crippen LogP contribution in [0.1, 0.15) is 42.5 Å². The lowest BCUT2D eigenvalue weighted by Gasteiger charge is -2.34. The number of hydrogen-bond donors (Lipinski definition) is 0. The fraction of sp³-hybridized carbons (Fsp3) is 0.321. The molecule has 1 aliphatic rings. The molecule has 4 aromatic rings. The lowest BCUT2D eigenvalue weighted by molar-refractivity contribution is 0.0619. The SMILES string of the molecule is CC(C)(C)c1cc2nc(-c3ccc(F)cc3)cc(C(=O)N3CCN(Cc4ccccc4)CC3)n2n1. The molecular formula is C28H30FN5O. The molecule has 6 nitrogen and oxygen atoms in total. The summed E-state index contributed by atoms with van der Waals surface area (Å²) in [6.07, 6.45) is 0. The third-order valence-corrected chi connectivity index (χ3v) is 6.46. The highest BCUT2D eigenvalue weighted by atomic mass is 19.1. The van der Waals surface area contributed by atoms with Gasteiger partial charge in [0, 0.05) is 49.8 Å². The van der Waals surface area contributed by atoms with Gasteiger partial charge >= 0.3 is 0 Å². The molecule has 180 valence electrons. The summed E-state index contributed by atoms with van der Waals surface area (Å²) in [5.41, 5.74) is 4.43. The molecule has 2 aromatic carbocycles. The molecule has 1 aliphatic heterocycles. The number of carbonyl (C=O) groups excluding carboxylic acids is 1. The number of carbonyl (C=O) groups is 1. The lowest BCUT2D eigenvalue weighted by atomic mass is 9.93. The monoisotopic (exact) mass is 471 g/mol. The van der Waals surface area contributed by atoms with Crippen LogP contribution in [0.4, 0.5) is 4.39 Å². The Kier molecular flexibility index (Phi) is 6.11. The van der Waals surface area contributed by atoms with E-state index < -0.39 is 0 Å². The van der Waals surface area contributed by atoms with Crippen molar-refractivity contribution in [1.29, 1.82) is 0 Å². The first-order valence-corrected chi connectivity index (χ1v) is 12.0. The fourth-order valence-corrected chi connectivity index (χ4v) is 4.37. The van der Waals surface area contributed by atoms with Crippen LogP contribution >= 0.6 is 0 Å². The standard InChI is InChI=1S/C28H30FN5O/c1-28(2,3)25-18-26-30-23(21-9-11-22(29)12-10-21)17-24(34(26)31-25)27(35)33-15-13-32(14-16-33)19-20-7-5-4-6-8-20/h4-12,17-18H,13-16,19H2,1-3H3. The molecule has 0 saturated carbocycles. The molecule has 0 unspecified atom stereocenters. The van der Waals surface area contributed by atoms with Crippen molar-refractivity contribution < 1.29 is 9.18 Å². The van der Waals surface area contributed by atoms with Gasteiger partial charge in [0.1, 0.15) is 11.5 Å². The largest absolute Gasteiger partial charge is 0.335 e. The molecule has 0 atom stereocenters. The summed E-state index contributed by atoms with van der Waals surface area (Å²) in [5, 5.41) is 4.76. The second-order valence-electron chi connectivity index (χ2n) is 10.1. The van der Waals surface area contributed by atoms with Gasteiger partial charge in [-0.3, -0.25) is 9.69 Å². The Bertz CT molecular complexity index is 1330. The Hall–Kier alpha value is -3.58. The third-order valence-electron chi connectivity index (χ3n) is 6.46.